The molecule has 84 valence electrons. The Hall–Kier alpha value is -0.970. The minimum atomic E-state index is -1.08. The highest BCUT2D eigenvalue weighted by Crippen LogP contribution is 2.09. The zero-order valence-electron chi connectivity index (χ0n) is 9.14. The molecule has 0 saturated heterocycles. The van der Waals surface area contributed by atoms with Crippen molar-refractivity contribution in [2.24, 2.45) is 0 Å². The number of aliphatic hydroxyl groups is 2. The molecule has 2 unspecified atom stereocenters. The van der Waals surface area contributed by atoms with Gasteiger partial charge in [0, 0.05) is 18.8 Å². The number of aromatic nitrogens is 1. The Morgan fingerprint density at radius 1 is 1.53 bits per heavy atom. The van der Waals surface area contributed by atoms with Gasteiger partial charge in [-0.05, 0) is 26.0 Å². The van der Waals surface area contributed by atoms with E-state index in [1.54, 1.807) is 13.1 Å². The standard InChI is InChI=1S/C11H18N2O2/c1-9(10-5-3-4-6-12-10)13-7-11(2,15)8-14/h3-6,9,13-15H,7-8H2,1-2H3. The maximum Gasteiger partial charge on any atom is 0.0973 e. The largest absolute Gasteiger partial charge is 0.393 e. The summed E-state index contributed by atoms with van der Waals surface area (Å²) in [5.74, 6) is 0. The highest BCUT2D eigenvalue weighted by molar-refractivity contribution is 5.07. The molecular weight excluding hydrogens is 192 g/mol. The van der Waals surface area contributed by atoms with Crippen molar-refractivity contribution >= 4 is 0 Å². The Morgan fingerprint density at radius 2 is 2.27 bits per heavy atom. The Kier molecular flexibility index (Phi) is 4.20. The van der Waals surface area contributed by atoms with Gasteiger partial charge in [-0.2, -0.15) is 0 Å². The van der Waals surface area contributed by atoms with Gasteiger partial charge in [0.1, 0.15) is 0 Å². The average Bonchev–Trinajstić information content (AvgIpc) is 2.27. The van der Waals surface area contributed by atoms with Crippen LogP contribution in [-0.2, 0) is 0 Å². The van der Waals surface area contributed by atoms with Crippen LogP contribution in [0.1, 0.15) is 25.6 Å². The van der Waals surface area contributed by atoms with Crippen molar-refractivity contribution in [1.82, 2.24) is 10.3 Å². The van der Waals surface area contributed by atoms with E-state index in [-0.39, 0.29) is 12.6 Å². The van der Waals surface area contributed by atoms with E-state index in [0.29, 0.717) is 6.54 Å². The Bertz CT molecular complexity index is 288. The molecule has 0 aliphatic heterocycles. The molecule has 0 aromatic carbocycles. The van der Waals surface area contributed by atoms with E-state index in [1.165, 1.54) is 0 Å². The van der Waals surface area contributed by atoms with Crippen LogP contribution in [0, 0.1) is 0 Å². The first kappa shape index (κ1) is 12.1. The highest BCUT2D eigenvalue weighted by Gasteiger charge is 2.19. The molecule has 0 radical (unpaired) electrons. The lowest BCUT2D eigenvalue weighted by Crippen LogP contribution is -2.41. The molecule has 1 aromatic heterocycles. The molecule has 15 heavy (non-hydrogen) atoms. The summed E-state index contributed by atoms with van der Waals surface area (Å²) >= 11 is 0. The van der Waals surface area contributed by atoms with Gasteiger partial charge in [-0.15, -0.1) is 0 Å². The smallest absolute Gasteiger partial charge is 0.0973 e. The molecule has 0 aliphatic carbocycles. The molecule has 0 fully saturated rings. The van der Waals surface area contributed by atoms with Gasteiger partial charge in [-0.3, -0.25) is 4.98 Å². The fraction of sp³-hybridized carbons (Fsp3) is 0.545. The second-order valence-corrected chi connectivity index (χ2v) is 4.01. The summed E-state index contributed by atoms with van der Waals surface area (Å²) in [5, 5.41) is 21.6. The lowest BCUT2D eigenvalue weighted by atomic mass is 10.1. The van der Waals surface area contributed by atoms with Crippen molar-refractivity contribution in [3.8, 4) is 0 Å². The van der Waals surface area contributed by atoms with Crippen molar-refractivity contribution in [2.75, 3.05) is 13.2 Å². The molecule has 0 bridgehead atoms. The van der Waals surface area contributed by atoms with Crippen molar-refractivity contribution in [3.63, 3.8) is 0 Å². The summed E-state index contributed by atoms with van der Waals surface area (Å²) in [4.78, 5) is 4.20. The van der Waals surface area contributed by atoms with Crippen LogP contribution in [-0.4, -0.2) is 33.9 Å². The van der Waals surface area contributed by atoms with Crippen LogP contribution in [0.5, 0.6) is 0 Å². The third-order valence-corrected chi connectivity index (χ3v) is 2.26. The van der Waals surface area contributed by atoms with Gasteiger partial charge in [0.15, 0.2) is 0 Å². The van der Waals surface area contributed by atoms with E-state index in [2.05, 4.69) is 10.3 Å². The van der Waals surface area contributed by atoms with Crippen LogP contribution in [0.3, 0.4) is 0 Å². The van der Waals surface area contributed by atoms with Gasteiger partial charge >= 0.3 is 0 Å². The predicted molar refractivity (Wildman–Crippen MR) is 58.4 cm³/mol. The maximum absolute atomic E-state index is 9.59. The quantitative estimate of drug-likeness (QED) is 0.661. The first-order valence-corrected chi connectivity index (χ1v) is 5.03. The molecule has 1 heterocycles. The molecule has 0 saturated carbocycles. The SMILES string of the molecule is CC(NCC(C)(O)CO)c1ccccn1. The summed E-state index contributed by atoms with van der Waals surface area (Å²) in [6.45, 7) is 3.64. The second-order valence-electron chi connectivity index (χ2n) is 4.01. The zero-order chi connectivity index (χ0) is 11.3. The van der Waals surface area contributed by atoms with Crippen molar-refractivity contribution in [1.29, 1.82) is 0 Å². The number of nitrogens with one attached hydrogen (secondary N) is 1. The highest BCUT2D eigenvalue weighted by atomic mass is 16.3. The summed E-state index contributed by atoms with van der Waals surface area (Å²) in [6, 6.07) is 5.76. The number of pyridine rings is 1. The third-order valence-electron chi connectivity index (χ3n) is 2.26. The van der Waals surface area contributed by atoms with Gasteiger partial charge in [0.05, 0.1) is 17.9 Å². The Morgan fingerprint density at radius 3 is 2.80 bits per heavy atom. The summed E-state index contributed by atoms with van der Waals surface area (Å²) in [7, 11) is 0. The third kappa shape index (κ3) is 3.95. The van der Waals surface area contributed by atoms with Crippen LogP contribution in [0.4, 0.5) is 0 Å². The Labute approximate surface area is 90.0 Å². The van der Waals surface area contributed by atoms with Crippen molar-refractivity contribution in [2.45, 2.75) is 25.5 Å². The number of hydrogen-bond donors (Lipinski definition) is 3. The molecule has 0 aliphatic rings. The van der Waals surface area contributed by atoms with Gasteiger partial charge in [-0.1, -0.05) is 6.07 Å². The normalized spacial score (nSPS) is 17.1. The Balaban J connectivity index is 2.47. The van der Waals surface area contributed by atoms with Crippen LogP contribution < -0.4 is 5.32 Å². The topological polar surface area (TPSA) is 65.4 Å². The van der Waals surface area contributed by atoms with Crippen molar-refractivity contribution in [3.05, 3.63) is 30.1 Å². The monoisotopic (exact) mass is 210 g/mol. The van der Waals surface area contributed by atoms with Crippen LogP contribution in [0.25, 0.3) is 0 Å². The van der Waals surface area contributed by atoms with E-state index >= 15 is 0 Å². The van der Waals surface area contributed by atoms with Crippen molar-refractivity contribution < 1.29 is 10.2 Å². The maximum atomic E-state index is 9.59. The summed E-state index contributed by atoms with van der Waals surface area (Å²) in [6.07, 6.45) is 1.73. The summed E-state index contributed by atoms with van der Waals surface area (Å²) < 4.78 is 0. The number of nitrogens with zero attached hydrogens (tertiary/aromatic N) is 1. The second kappa shape index (κ2) is 5.21. The molecular formula is C11H18N2O2. The average molecular weight is 210 g/mol. The first-order chi connectivity index (χ1) is 7.05. The minimum absolute atomic E-state index is 0.0595. The van der Waals surface area contributed by atoms with Gasteiger partial charge in [-0.25, -0.2) is 0 Å². The van der Waals surface area contributed by atoms with Gasteiger partial charge < -0.3 is 15.5 Å². The minimum Gasteiger partial charge on any atom is -0.393 e. The number of hydrogen-bond acceptors (Lipinski definition) is 4. The molecule has 0 amide bonds. The van der Waals surface area contributed by atoms with Crippen LogP contribution >= 0.6 is 0 Å². The molecule has 1 rings (SSSR count). The predicted octanol–water partition coefficient (Wildman–Crippen LogP) is 0.475. The number of rotatable bonds is 5. The molecule has 1 aromatic rings. The lowest BCUT2D eigenvalue weighted by Gasteiger charge is -2.23. The van der Waals surface area contributed by atoms with Crippen LogP contribution in [0.15, 0.2) is 24.4 Å². The summed E-state index contributed by atoms with van der Waals surface area (Å²) in [5.41, 5.74) is -0.158. The fourth-order valence-electron chi connectivity index (χ4n) is 1.17. The van der Waals surface area contributed by atoms with Gasteiger partial charge in [0.2, 0.25) is 0 Å². The lowest BCUT2D eigenvalue weighted by molar-refractivity contribution is 0.000980. The molecule has 2 atom stereocenters. The molecule has 4 nitrogen and oxygen atoms in total. The van der Waals surface area contributed by atoms with Gasteiger partial charge in [0.25, 0.3) is 0 Å². The van der Waals surface area contributed by atoms with Crippen LogP contribution in [0.2, 0.25) is 0 Å². The molecule has 0 spiro atoms. The molecule has 4 heteroatoms. The van der Waals surface area contributed by atoms with E-state index in [9.17, 15) is 5.11 Å². The fourth-order valence-corrected chi connectivity index (χ4v) is 1.17. The van der Waals surface area contributed by atoms with E-state index < -0.39 is 5.60 Å². The molecule has 3 N–H and O–H groups in total. The first-order valence-electron chi connectivity index (χ1n) is 5.03. The van der Waals surface area contributed by atoms with E-state index in [4.69, 9.17) is 5.11 Å². The van der Waals surface area contributed by atoms with E-state index in [0.717, 1.165) is 5.69 Å². The zero-order valence-corrected chi connectivity index (χ0v) is 9.14. The van der Waals surface area contributed by atoms with E-state index in [1.807, 2.05) is 25.1 Å². The number of aliphatic hydroxyl groups excluding tert-OH is 1.